The molecule has 0 aliphatic rings. The van der Waals surface area contributed by atoms with Crippen LogP contribution < -0.4 is 10.5 Å². The van der Waals surface area contributed by atoms with Crippen LogP contribution in [0.2, 0.25) is 0 Å². The Hall–Kier alpha value is -1.55. The third-order valence-corrected chi connectivity index (χ3v) is 2.23. The van der Waals surface area contributed by atoms with Gasteiger partial charge in [-0.25, -0.2) is 0 Å². The van der Waals surface area contributed by atoms with E-state index >= 15 is 0 Å². The molecule has 0 unspecified atom stereocenters. The van der Waals surface area contributed by atoms with E-state index in [1.165, 1.54) is 0 Å². The highest BCUT2D eigenvalue weighted by molar-refractivity contribution is 9.10. The fourth-order valence-corrected chi connectivity index (χ4v) is 1.46. The van der Waals surface area contributed by atoms with Crippen LogP contribution in [0.4, 0.5) is 5.69 Å². The zero-order chi connectivity index (χ0) is 10.7. The number of aromatic nitrogens is 1. The molecule has 76 valence electrons. The summed E-state index contributed by atoms with van der Waals surface area (Å²) in [5, 5.41) is 0. The molecule has 0 saturated heterocycles. The minimum atomic E-state index is 0.689. The Balaban J connectivity index is 2.18. The van der Waals surface area contributed by atoms with Gasteiger partial charge in [0, 0.05) is 16.4 Å². The van der Waals surface area contributed by atoms with Crippen molar-refractivity contribution in [3.63, 3.8) is 0 Å². The van der Waals surface area contributed by atoms with Gasteiger partial charge in [0.25, 0.3) is 0 Å². The van der Waals surface area contributed by atoms with Crippen molar-refractivity contribution in [3.8, 4) is 11.5 Å². The van der Waals surface area contributed by atoms with Gasteiger partial charge in [-0.15, -0.1) is 0 Å². The summed E-state index contributed by atoms with van der Waals surface area (Å²) in [5.41, 5.74) is 6.29. The highest BCUT2D eigenvalue weighted by Gasteiger charge is 1.97. The molecule has 2 N–H and O–H groups in total. The summed E-state index contributed by atoms with van der Waals surface area (Å²) in [5.74, 6) is 1.43. The fourth-order valence-electron chi connectivity index (χ4n) is 1.12. The van der Waals surface area contributed by atoms with Crippen molar-refractivity contribution in [2.24, 2.45) is 0 Å². The second-order valence-corrected chi connectivity index (χ2v) is 3.93. The van der Waals surface area contributed by atoms with Gasteiger partial charge in [0.05, 0.1) is 6.20 Å². The van der Waals surface area contributed by atoms with Crippen molar-refractivity contribution in [1.82, 2.24) is 4.98 Å². The Morgan fingerprint density at radius 3 is 2.47 bits per heavy atom. The van der Waals surface area contributed by atoms with Crippen molar-refractivity contribution in [2.45, 2.75) is 0 Å². The first kappa shape index (κ1) is 9.98. The fraction of sp³-hybridized carbons (Fsp3) is 0. The number of nitrogens with two attached hydrogens (primary N) is 1. The molecule has 0 bridgehead atoms. The third kappa shape index (κ3) is 2.70. The maximum absolute atomic E-state index is 5.57. The molecule has 0 saturated carbocycles. The molecule has 0 aliphatic heterocycles. The number of benzene rings is 1. The third-order valence-electron chi connectivity index (χ3n) is 1.80. The largest absolute Gasteiger partial charge is 0.456 e. The molecule has 0 atom stereocenters. The van der Waals surface area contributed by atoms with Gasteiger partial charge in [0.15, 0.2) is 0 Å². The van der Waals surface area contributed by atoms with E-state index in [1.807, 2.05) is 18.2 Å². The normalized spacial score (nSPS) is 9.93. The summed E-state index contributed by atoms with van der Waals surface area (Å²) in [6.45, 7) is 0. The average molecular weight is 265 g/mol. The van der Waals surface area contributed by atoms with Crippen molar-refractivity contribution in [3.05, 3.63) is 47.2 Å². The van der Waals surface area contributed by atoms with E-state index in [-0.39, 0.29) is 0 Å². The molecule has 4 heteroatoms. The molecule has 15 heavy (non-hydrogen) atoms. The van der Waals surface area contributed by atoms with Gasteiger partial charge in [-0.2, -0.15) is 0 Å². The Kier molecular flexibility index (Phi) is 2.87. The van der Waals surface area contributed by atoms with E-state index in [1.54, 1.807) is 24.5 Å². The Labute approximate surface area is 96.0 Å². The lowest BCUT2D eigenvalue weighted by Crippen LogP contribution is -1.87. The second-order valence-electron chi connectivity index (χ2n) is 3.01. The van der Waals surface area contributed by atoms with Crippen molar-refractivity contribution in [2.75, 3.05) is 5.73 Å². The summed E-state index contributed by atoms with van der Waals surface area (Å²) < 4.78 is 6.45. The average Bonchev–Trinajstić information content (AvgIpc) is 2.22. The van der Waals surface area contributed by atoms with Gasteiger partial charge >= 0.3 is 0 Å². The molecule has 0 radical (unpaired) electrons. The van der Waals surface area contributed by atoms with Gasteiger partial charge < -0.3 is 10.5 Å². The van der Waals surface area contributed by atoms with E-state index in [2.05, 4.69) is 20.9 Å². The first-order chi connectivity index (χ1) is 7.24. The molecule has 0 fully saturated rings. The minimum Gasteiger partial charge on any atom is -0.456 e. The molecular formula is C11H9BrN2O. The maximum atomic E-state index is 5.57. The van der Waals surface area contributed by atoms with E-state index in [4.69, 9.17) is 10.5 Å². The molecule has 1 aromatic heterocycles. The molecule has 0 amide bonds. The lowest BCUT2D eigenvalue weighted by molar-refractivity contribution is 0.480. The maximum Gasteiger partial charge on any atom is 0.146 e. The predicted molar refractivity (Wildman–Crippen MR) is 62.9 cm³/mol. The van der Waals surface area contributed by atoms with Gasteiger partial charge in [0.1, 0.15) is 11.5 Å². The predicted octanol–water partition coefficient (Wildman–Crippen LogP) is 3.22. The van der Waals surface area contributed by atoms with Crippen LogP contribution in [0.25, 0.3) is 0 Å². The number of rotatable bonds is 2. The summed E-state index contributed by atoms with van der Waals surface area (Å²) in [6, 6.07) is 9.07. The Morgan fingerprint density at radius 1 is 1.07 bits per heavy atom. The van der Waals surface area contributed by atoms with E-state index in [9.17, 15) is 0 Å². The van der Waals surface area contributed by atoms with Crippen molar-refractivity contribution >= 4 is 21.6 Å². The summed E-state index contributed by atoms with van der Waals surface area (Å²) in [7, 11) is 0. The van der Waals surface area contributed by atoms with Gasteiger partial charge in [-0.1, -0.05) is 0 Å². The van der Waals surface area contributed by atoms with Crippen LogP contribution in [0.1, 0.15) is 0 Å². The van der Waals surface area contributed by atoms with Crippen LogP contribution in [-0.4, -0.2) is 4.98 Å². The number of pyridine rings is 1. The lowest BCUT2D eigenvalue weighted by atomic mass is 10.3. The summed E-state index contributed by atoms with van der Waals surface area (Å²) in [4.78, 5) is 4.00. The van der Waals surface area contributed by atoms with Gasteiger partial charge in [-0.3, -0.25) is 4.98 Å². The Bertz CT molecular complexity index is 456. The number of anilines is 1. The number of hydrogen-bond acceptors (Lipinski definition) is 3. The first-order valence-corrected chi connectivity index (χ1v) is 5.17. The molecule has 3 nitrogen and oxygen atoms in total. The van der Waals surface area contributed by atoms with E-state index in [0.29, 0.717) is 5.75 Å². The standard InChI is InChI=1S/C11H9BrN2O/c12-8-5-11(7-14-6-8)15-10-3-1-9(13)2-4-10/h1-7H,13H2. The van der Waals surface area contributed by atoms with Crippen LogP contribution >= 0.6 is 15.9 Å². The second kappa shape index (κ2) is 4.31. The highest BCUT2D eigenvalue weighted by atomic mass is 79.9. The minimum absolute atomic E-state index is 0.689. The molecule has 1 heterocycles. The molecule has 0 spiro atoms. The molecular weight excluding hydrogens is 256 g/mol. The number of ether oxygens (including phenoxy) is 1. The number of hydrogen-bond donors (Lipinski definition) is 1. The smallest absolute Gasteiger partial charge is 0.146 e. The number of nitrogens with zero attached hydrogens (tertiary/aromatic N) is 1. The molecule has 2 aromatic rings. The summed E-state index contributed by atoms with van der Waals surface area (Å²) in [6.07, 6.45) is 3.36. The number of halogens is 1. The number of nitrogen functional groups attached to an aromatic ring is 1. The van der Waals surface area contributed by atoms with Crippen molar-refractivity contribution < 1.29 is 4.74 Å². The van der Waals surface area contributed by atoms with E-state index < -0.39 is 0 Å². The molecule has 1 aromatic carbocycles. The van der Waals surface area contributed by atoms with Crippen LogP contribution in [0.3, 0.4) is 0 Å². The molecule has 2 rings (SSSR count). The zero-order valence-corrected chi connectivity index (χ0v) is 9.44. The Morgan fingerprint density at radius 2 is 1.80 bits per heavy atom. The zero-order valence-electron chi connectivity index (χ0n) is 7.85. The highest BCUT2D eigenvalue weighted by Crippen LogP contribution is 2.23. The van der Waals surface area contributed by atoms with Gasteiger partial charge in [0.2, 0.25) is 0 Å². The quantitative estimate of drug-likeness (QED) is 0.848. The first-order valence-electron chi connectivity index (χ1n) is 4.38. The summed E-state index contributed by atoms with van der Waals surface area (Å²) >= 11 is 3.32. The van der Waals surface area contributed by atoms with Crippen molar-refractivity contribution in [1.29, 1.82) is 0 Å². The lowest BCUT2D eigenvalue weighted by Gasteiger charge is -2.05. The monoisotopic (exact) mass is 264 g/mol. The van der Waals surface area contributed by atoms with Gasteiger partial charge in [-0.05, 0) is 46.3 Å². The van der Waals surface area contributed by atoms with Crippen LogP contribution in [0.5, 0.6) is 11.5 Å². The van der Waals surface area contributed by atoms with Crippen LogP contribution in [-0.2, 0) is 0 Å². The van der Waals surface area contributed by atoms with E-state index in [0.717, 1.165) is 15.9 Å². The molecule has 0 aliphatic carbocycles. The SMILES string of the molecule is Nc1ccc(Oc2cncc(Br)c2)cc1. The van der Waals surface area contributed by atoms with Crippen LogP contribution in [0.15, 0.2) is 47.2 Å². The van der Waals surface area contributed by atoms with Crippen LogP contribution in [0, 0.1) is 0 Å². The topological polar surface area (TPSA) is 48.1 Å².